The Kier molecular flexibility index (Phi) is 9.05. The van der Waals surface area contributed by atoms with Crippen molar-refractivity contribution in [3.63, 3.8) is 0 Å². The molecule has 2 aromatic carbocycles. The van der Waals surface area contributed by atoms with Gasteiger partial charge in [-0.25, -0.2) is 9.37 Å². The lowest BCUT2D eigenvalue weighted by Gasteiger charge is -2.41. The van der Waals surface area contributed by atoms with Gasteiger partial charge in [-0.05, 0) is 44.2 Å². The molecule has 2 atom stereocenters. The van der Waals surface area contributed by atoms with Crippen molar-refractivity contribution in [3.8, 4) is 17.0 Å². The summed E-state index contributed by atoms with van der Waals surface area (Å²) in [6.07, 6.45) is 0.898. The molecule has 0 bridgehead atoms. The Morgan fingerprint density at radius 3 is 2.61 bits per heavy atom. The number of hydrogen-bond donors (Lipinski definition) is 2. The minimum absolute atomic E-state index is 0.0214. The number of amidine groups is 1. The van der Waals surface area contributed by atoms with Crippen molar-refractivity contribution in [2.45, 2.75) is 26.0 Å². The third-order valence-electron chi connectivity index (χ3n) is 7.00. The predicted molar refractivity (Wildman–Crippen MR) is 157 cm³/mol. The van der Waals surface area contributed by atoms with E-state index in [-0.39, 0.29) is 39.8 Å². The molecule has 1 aliphatic heterocycles. The summed E-state index contributed by atoms with van der Waals surface area (Å²) < 4.78 is 15.0. The molecule has 2 heterocycles. The lowest BCUT2D eigenvalue weighted by atomic mass is 10.0. The van der Waals surface area contributed by atoms with Crippen LogP contribution in [0.4, 0.5) is 15.9 Å². The summed E-state index contributed by atoms with van der Waals surface area (Å²) in [5.41, 5.74) is 0.867. The smallest absolute Gasteiger partial charge is 0.246 e. The minimum Gasteiger partial charge on any atom is -0.507 e. The standard InChI is InChI=1S/C30H31ClFN5O4/c1-5-26(41)35-13-14-36(18(2)16-35)29(33-4)21-15-22(31)28(27-23(32)10-8-12-25(27)40)34-30(21)37(17-38)24-11-7-6-9-20(24)19(3)39/h5-12,15,17-19,39-40H,1,13-14,16H2,2-4H3. The van der Waals surface area contributed by atoms with Crippen LogP contribution in [-0.4, -0.2) is 75.9 Å². The Bertz CT molecular complexity index is 1490. The van der Waals surface area contributed by atoms with Crippen molar-refractivity contribution in [1.29, 1.82) is 0 Å². The first kappa shape index (κ1) is 29.7. The van der Waals surface area contributed by atoms with Crippen LogP contribution in [0.15, 0.2) is 66.2 Å². The molecule has 2 unspecified atom stereocenters. The highest BCUT2D eigenvalue weighted by molar-refractivity contribution is 6.33. The molecular weight excluding hydrogens is 549 g/mol. The normalized spacial score (nSPS) is 16.3. The Labute approximate surface area is 242 Å². The number of halogens is 2. The van der Waals surface area contributed by atoms with Crippen LogP contribution < -0.4 is 4.90 Å². The van der Waals surface area contributed by atoms with Crippen LogP contribution in [0.5, 0.6) is 5.75 Å². The van der Waals surface area contributed by atoms with E-state index < -0.39 is 11.9 Å². The van der Waals surface area contributed by atoms with Crippen molar-refractivity contribution < 1.29 is 24.2 Å². The molecule has 1 fully saturated rings. The van der Waals surface area contributed by atoms with Crippen LogP contribution >= 0.6 is 11.6 Å². The van der Waals surface area contributed by atoms with Crippen LogP contribution in [0.3, 0.4) is 0 Å². The number of hydrogen-bond acceptors (Lipinski definition) is 6. The number of para-hydroxylation sites is 1. The molecule has 9 nitrogen and oxygen atoms in total. The number of aliphatic hydroxyl groups excluding tert-OH is 1. The Morgan fingerprint density at radius 1 is 1.27 bits per heavy atom. The van der Waals surface area contributed by atoms with Crippen molar-refractivity contribution in [1.82, 2.24) is 14.8 Å². The van der Waals surface area contributed by atoms with Crippen LogP contribution in [0.2, 0.25) is 5.02 Å². The molecule has 41 heavy (non-hydrogen) atoms. The predicted octanol–water partition coefficient (Wildman–Crippen LogP) is 4.69. The van der Waals surface area contributed by atoms with Crippen molar-refractivity contribution >= 4 is 41.3 Å². The van der Waals surface area contributed by atoms with E-state index in [9.17, 15) is 24.2 Å². The number of aromatic hydroxyl groups is 1. The fraction of sp³-hybridized carbons (Fsp3) is 0.267. The van der Waals surface area contributed by atoms with Crippen molar-refractivity contribution in [3.05, 3.63) is 83.2 Å². The lowest BCUT2D eigenvalue weighted by Crippen LogP contribution is -2.55. The average Bonchev–Trinajstić information content (AvgIpc) is 2.95. The number of rotatable bonds is 7. The van der Waals surface area contributed by atoms with Gasteiger partial charge in [0.2, 0.25) is 12.3 Å². The number of pyridine rings is 1. The monoisotopic (exact) mass is 579 g/mol. The van der Waals surface area contributed by atoms with E-state index in [1.807, 2.05) is 11.8 Å². The van der Waals surface area contributed by atoms with Gasteiger partial charge in [0, 0.05) is 38.3 Å². The number of carbonyl (C=O) groups excluding carboxylic acids is 2. The molecule has 4 rings (SSSR count). The minimum atomic E-state index is -0.922. The SMILES string of the molecule is C=CC(=O)N1CCN(C(=NC)c2cc(Cl)c(-c3c(O)cccc3F)nc2N(C=O)c2ccccc2C(C)O)C(C)C1. The third-order valence-corrected chi connectivity index (χ3v) is 7.29. The van der Waals surface area contributed by atoms with Gasteiger partial charge in [-0.1, -0.05) is 42.4 Å². The van der Waals surface area contributed by atoms with Gasteiger partial charge >= 0.3 is 0 Å². The van der Waals surface area contributed by atoms with Crippen LogP contribution in [-0.2, 0) is 9.59 Å². The van der Waals surface area contributed by atoms with E-state index in [1.54, 1.807) is 43.1 Å². The lowest BCUT2D eigenvalue weighted by molar-refractivity contribution is -0.128. The molecule has 11 heteroatoms. The number of anilines is 2. The summed E-state index contributed by atoms with van der Waals surface area (Å²) in [6.45, 7) is 8.32. The second kappa shape index (κ2) is 12.5. The van der Waals surface area contributed by atoms with Gasteiger partial charge in [-0.2, -0.15) is 0 Å². The zero-order valence-corrected chi connectivity index (χ0v) is 23.7. The topological polar surface area (TPSA) is 110 Å². The average molecular weight is 580 g/mol. The first-order valence-electron chi connectivity index (χ1n) is 13.0. The second-order valence-electron chi connectivity index (χ2n) is 9.61. The van der Waals surface area contributed by atoms with Crippen LogP contribution in [0.1, 0.15) is 31.1 Å². The van der Waals surface area contributed by atoms with Crippen molar-refractivity contribution in [2.24, 2.45) is 4.99 Å². The maximum Gasteiger partial charge on any atom is 0.246 e. The maximum atomic E-state index is 15.0. The van der Waals surface area contributed by atoms with E-state index in [0.29, 0.717) is 48.7 Å². The molecule has 1 aromatic heterocycles. The van der Waals surface area contributed by atoms with Gasteiger partial charge in [0.05, 0.1) is 33.6 Å². The van der Waals surface area contributed by atoms with E-state index in [1.165, 1.54) is 35.2 Å². The molecule has 1 saturated heterocycles. The number of aromatic nitrogens is 1. The summed E-state index contributed by atoms with van der Waals surface area (Å²) in [4.78, 5) is 39.1. The zero-order valence-electron chi connectivity index (χ0n) is 23.0. The number of piperazine rings is 1. The Morgan fingerprint density at radius 2 is 2.00 bits per heavy atom. The van der Waals surface area contributed by atoms with E-state index >= 15 is 0 Å². The number of amides is 2. The molecule has 1 aliphatic rings. The fourth-order valence-corrected chi connectivity index (χ4v) is 5.28. The largest absolute Gasteiger partial charge is 0.507 e. The zero-order chi connectivity index (χ0) is 29.8. The van der Waals surface area contributed by atoms with E-state index in [4.69, 9.17) is 11.6 Å². The number of aliphatic hydroxyl groups is 1. The molecular formula is C30H31ClFN5O4. The summed E-state index contributed by atoms with van der Waals surface area (Å²) >= 11 is 6.69. The molecule has 0 saturated carbocycles. The first-order valence-corrected chi connectivity index (χ1v) is 13.4. The summed E-state index contributed by atoms with van der Waals surface area (Å²) in [7, 11) is 1.59. The molecule has 0 radical (unpaired) electrons. The van der Waals surface area contributed by atoms with Gasteiger partial charge in [-0.3, -0.25) is 19.5 Å². The van der Waals surface area contributed by atoms with Crippen LogP contribution in [0, 0.1) is 5.82 Å². The third kappa shape index (κ3) is 5.79. The highest BCUT2D eigenvalue weighted by Gasteiger charge is 2.32. The second-order valence-corrected chi connectivity index (χ2v) is 10.0. The van der Waals surface area contributed by atoms with Crippen molar-refractivity contribution in [2.75, 3.05) is 31.6 Å². The molecule has 3 aromatic rings. The van der Waals surface area contributed by atoms with Gasteiger partial charge in [-0.15, -0.1) is 0 Å². The van der Waals surface area contributed by atoms with Gasteiger partial charge in [0.15, 0.2) is 5.82 Å². The number of aliphatic imine (C=N–C) groups is 1. The van der Waals surface area contributed by atoms with Gasteiger partial charge in [0.25, 0.3) is 0 Å². The van der Waals surface area contributed by atoms with Gasteiger partial charge < -0.3 is 20.0 Å². The van der Waals surface area contributed by atoms with E-state index in [0.717, 1.165) is 0 Å². The Balaban J connectivity index is 1.95. The number of nitrogens with zero attached hydrogens (tertiary/aromatic N) is 5. The quantitative estimate of drug-likeness (QED) is 0.182. The first-order chi connectivity index (χ1) is 19.6. The highest BCUT2D eigenvalue weighted by Crippen LogP contribution is 2.40. The summed E-state index contributed by atoms with van der Waals surface area (Å²) in [6, 6.07) is 12.0. The van der Waals surface area contributed by atoms with Crippen LogP contribution in [0.25, 0.3) is 11.3 Å². The van der Waals surface area contributed by atoms with Gasteiger partial charge in [0.1, 0.15) is 17.4 Å². The number of carbonyl (C=O) groups is 2. The maximum absolute atomic E-state index is 15.0. The molecule has 214 valence electrons. The highest BCUT2D eigenvalue weighted by atomic mass is 35.5. The number of phenolic OH excluding ortho intramolecular Hbond substituents is 1. The Hall–Kier alpha value is -4.28. The fourth-order valence-electron chi connectivity index (χ4n) is 5.04. The number of benzene rings is 2. The molecule has 0 spiro atoms. The number of phenols is 1. The molecule has 2 N–H and O–H groups in total. The molecule has 0 aliphatic carbocycles. The summed E-state index contributed by atoms with van der Waals surface area (Å²) in [5, 5.41) is 21.0. The molecule has 2 amide bonds. The van der Waals surface area contributed by atoms with E-state index in [2.05, 4.69) is 16.6 Å². The summed E-state index contributed by atoms with van der Waals surface area (Å²) in [5.74, 6) is -0.791.